The summed E-state index contributed by atoms with van der Waals surface area (Å²) in [4.78, 5) is 15.7. The van der Waals surface area contributed by atoms with E-state index in [0.717, 1.165) is 48.2 Å². The van der Waals surface area contributed by atoms with Crippen LogP contribution in [0.3, 0.4) is 0 Å². The standard InChI is InChI=1S/C23H28N2O2/c1-16-8-7-13-25(14-16)15-17(2)24-23(26)22-18-9-3-5-11-20(18)27-21-12-6-4-10-19(21)22/h3-6,9-12,16-17,22H,7-8,13-15H2,1-2H3,(H,24,26). The van der Waals surface area contributed by atoms with E-state index in [1.165, 1.54) is 12.8 Å². The summed E-state index contributed by atoms with van der Waals surface area (Å²) in [5, 5.41) is 3.26. The summed E-state index contributed by atoms with van der Waals surface area (Å²) in [6, 6.07) is 15.8. The van der Waals surface area contributed by atoms with Crippen molar-refractivity contribution < 1.29 is 9.53 Å². The van der Waals surface area contributed by atoms with Gasteiger partial charge in [0.15, 0.2) is 0 Å². The molecule has 0 spiro atoms. The molecule has 2 unspecified atom stereocenters. The summed E-state index contributed by atoms with van der Waals surface area (Å²) in [6.45, 7) is 7.58. The molecule has 2 aliphatic heterocycles. The molecule has 0 radical (unpaired) electrons. The molecule has 0 aromatic heterocycles. The number of benzene rings is 2. The fourth-order valence-electron chi connectivity index (χ4n) is 4.40. The number of para-hydroxylation sites is 2. The fourth-order valence-corrected chi connectivity index (χ4v) is 4.40. The van der Waals surface area contributed by atoms with Gasteiger partial charge in [0.05, 0.1) is 5.92 Å². The lowest BCUT2D eigenvalue weighted by atomic mass is 9.87. The molecule has 0 saturated carbocycles. The Morgan fingerprint density at radius 1 is 1.15 bits per heavy atom. The lowest BCUT2D eigenvalue weighted by Gasteiger charge is -2.33. The number of nitrogens with zero attached hydrogens (tertiary/aromatic N) is 1. The second kappa shape index (κ2) is 7.73. The van der Waals surface area contributed by atoms with Crippen molar-refractivity contribution in [3.8, 4) is 11.5 Å². The van der Waals surface area contributed by atoms with Crippen LogP contribution in [0.25, 0.3) is 0 Å². The van der Waals surface area contributed by atoms with Gasteiger partial charge in [-0.25, -0.2) is 0 Å². The third-order valence-corrected chi connectivity index (χ3v) is 5.60. The van der Waals surface area contributed by atoms with Crippen LogP contribution in [0, 0.1) is 5.92 Å². The Balaban J connectivity index is 1.51. The van der Waals surface area contributed by atoms with Gasteiger partial charge in [0.1, 0.15) is 11.5 Å². The largest absolute Gasteiger partial charge is 0.457 e. The summed E-state index contributed by atoms with van der Waals surface area (Å²) in [5.41, 5.74) is 1.87. The molecule has 2 atom stereocenters. The van der Waals surface area contributed by atoms with Crippen molar-refractivity contribution in [1.82, 2.24) is 10.2 Å². The summed E-state index contributed by atoms with van der Waals surface area (Å²) < 4.78 is 6.01. The number of ether oxygens (including phenoxy) is 1. The van der Waals surface area contributed by atoms with E-state index in [1.54, 1.807) is 0 Å². The van der Waals surface area contributed by atoms with E-state index in [9.17, 15) is 4.79 Å². The first-order chi connectivity index (χ1) is 13.1. The number of carbonyl (C=O) groups excluding carboxylic acids is 1. The van der Waals surface area contributed by atoms with Crippen molar-refractivity contribution in [3.63, 3.8) is 0 Å². The molecular weight excluding hydrogens is 336 g/mol. The number of nitrogens with one attached hydrogen (secondary N) is 1. The van der Waals surface area contributed by atoms with Crippen molar-refractivity contribution in [2.45, 2.75) is 38.6 Å². The molecule has 0 aliphatic carbocycles. The van der Waals surface area contributed by atoms with Gasteiger partial charge in [-0.15, -0.1) is 0 Å². The lowest BCUT2D eigenvalue weighted by molar-refractivity contribution is -0.122. The van der Waals surface area contributed by atoms with Crippen molar-refractivity contribution in [3.05, 3.63) is 59.7 Å². The molecule has 4 nitrogen and oxygen atoms in total. The number of piperidine rings is 1. The van der Waals surface area contributed by atoms with Crippen LogP contribution in [0.4, 0.5) is 0 Å². The smallest absolute Gasteiger partial charge is 0.232 e. The van der Waals surface area contributed by atoms with Gasteiger partial charge < -0.3 is 15.0 Å². The molecule has 2 aromatic rings. The Kier molecular flexibility index (Phi) is 5.17. The van der Waals surface area contributed by atoms with Crippen LogP contribution in [0.1, 0.15) is 43.7 Å². The monoisotopic (exact) mass is 364 g/mol. The van der Waals surface area contributed by atoms with E-state index in [1.807, 2.05) is 48.5 Å². The zero-order valence-corrected chi connectivity index (χ0v) is 16.2. The molecule has 1 saturated heterocycles. The summed E-state index contributed by atoms with van der Waals surface area (Å²) >= 11 is 0. The summed E-state index contributed by atoms with van der Waals surface area (Å²) in [7, 11) is 0. The van der Waals surface area contributed by atoms with E-state index >= 15 is 0 Å². The van der Waals surface area contributed by atoms with Gasteiger partial charge in [0.2, 0.25) is 5.91 Å². The molecule has 142 valence electrons. The Bertz CT molecular complexity index is 774. The lowest BCUT2D eigenvalue weighted by Crippen LogP contribution is -2.46. The molecular formula is C23H28N2O2. The van der Waals surface area contributed by atoms with Crippen molar-refractivity contribution in [2.75, 3.05) is 19.6 Å². The minimum absolute atomic E-state index is 0.0516. The molecule has 1 amide bonds. The summed E-state index contributed by atoms with van der Waals surface area (Å²) in [6.07, 6.45) is 2.56. The first-order valence-corrected chi connectivity index (χ1v) is 10.00. The van der Waals surface area contributed by atoms with Gasteiger partial charge in [-0.1, -0.05) is 43.3 Å². The number of hydrogen-bond donors (Lipinski definition) is 1. The van der Waals surface area contributed by atoms with E-state index in [4.69, 9.17) is 4.74 Å². The number of rotatable bonds is 4. The predicted molar refractivity (Wildman–Crippen MR) is 107 cm³/mol. The van der Waals surface area contributed by atoms with E-state index in [2.05, 4.69) is 24.1 Å². The van der Waals surface area contributed by atoms with Crippen LogP contribution >= 0.6 is 0 Å². The van der Waals surface area contributed by atoms with Gasteiger partial charge in [-0.3, -0.25) is 4.79 Å². The molecule has 27 heavy (non-hydrogen) atoms. The third kappa shape index (κ3) is 3.86. The molecule has 4 heteroatoms. The molecule has 2 aromatic carbocycles. The number of hydrogen-bond acceptors (Lipinski definition) is 3. The van der Waals surface area contributed by atoms with E-state index in [-0.39, 0.29) is 17.9 Å². The van der Waals surface area contributed by atoms with Crippen LogP contribution < -0.4 is 10.1 Å². The van der Waals surface area contributed by atoms with Gasteiger partial charge in [0, 0.05) is 30.3 Å². The highest BCUT2D eigenvalue weighted by atomic mass is 16.5. The minimum Gasteiger partial charge on any atom is -0.457 e. The van der Waals surface area contributed by atoms with Gasteiger partial charge in [0.25, 0.3) is 0 Å². The second-order valence-corrected chi connectivity index (χ2v) is 8.03. The molecule has 4 rings (SSSR count). The highest BCUT2D eigenvalue weighted by Gasteiger charge is 2.33. The number of amides is 1. The summed E-state index contributed by atoms with van der Waals surface area (Å²) in [5.74, 6) is 2.02. The Labute approximate surface area is 161 Å². The fraction of sp³-hybridized carbons (Fsp3) is 0.435. The van der Waals surface area contributed by atoms with Crippen molar-refractivity contribution >= 4 is 5.91 Å². The highest BCUT2D eigenvalue weighted by Crippen LogP contribution is 2.43. The van der Waals surface area contributed by atoms with E-state index in [0.29, 0.717) is 0 Å². The maximum atomic E-state index is 13.3. The third-order valence-electron chi connectivity index (χ3n) is 5.60. The predicted octanol–water partition coefficient (Wildman–Crippen LogP) is 4.16. The quantitative estimate of drug-likeness (QED) is 0.886. The van der Waals surface area contributed by atoms with Crippen LogP contribution in [0.15, 0.2) is 48.5 Å². The topological polar surface area (TPSA) is 41.6 Å². The second-order valence-electron chi connectivity index (χ2n) is 8.03. The maximum Gasteiger partial charge on any atom is 0.232 e. The van der Waals surface area contributed by atoms with Crippen LogP contribution in [-0.2, 0) is 4.79 Å². The van der Waals surface area contributed by atoms with Crippen molar-refractivity contribution in [2.24, 2.45) is 5.92 Å². The zero-order valence-electron chi connectivity index (χ0n) is 16.2. The molecule has 2 heterocycles. The maximum absolute atomic E-state index is 13.3. The SMILES string of the molecule is CC1CCCN(CC(C)NC(=O)C2c3ccccc3Oc3ccccc32)C1. The van der Waals surface area contributed by atoms with Gasteiger partial charge >= 0.3 is 0 Å². The Morgan fingerprint density at radius 2 is 1.78 bits per heavy atom. The first-order valence-electron chi connectivity index (χ1n) is 10.00. The van der Waals surface area contributed by atoms with Gasteiger partial charge in [-0.2, -0.15) is 0 Å². The molecule has 1 N–H and O–H groups in total. The Morgan fingerprint density at radius 3 is 2.41 bits per heavy atom. The molecule has 2 aliphatic rings. The van der Waals surface area contributed by atoms with E-state index < -0.39 is 0 Å². The van der Waals surface area contributed by atoms with Crippen LogP contribution in [0.2, 0.25) is 0 Å². The average Bonchev–Trinajstić information content (AvgIpc) is 2.65. The number of likely N-dealkylation sites (tertiary alicyclic amines) is 1. The zero-order chi connectivity index (χ0) is 18.8. The van der Waals surface area contributed by atoms with Crippen molar-refractivity contribution in [1.29, 1.82) is 0 Å². The highest BCUT2D eigenvalue weighted by molar-refractivity contribution is 5.89. The molecule has 0 bridgehead atoms. The number of carbonyl (C=O) groups is 1. The minimum atomic E-state index is -0.325. The van der Waals surface area contributed by atoms with Gasteiger partial charge in [-0.05, 0) is 44.4 Å². The number of fused-ring (bicyclic) bond motifs is 2. The molecule has 1 fully saturated rings. The first kappa shape index (κ1) is 18.1. The van der Waals surface area contributed by atoms with Crippen LogP contribution in [0.5, 0.6) is 11.5 Å². The normalized spacial score (nSPS) is 20.9. The average molecular weight is 364 g/mol. The Hall–Kier alpha value is -2.33. The van der Waals surface area contributed by atoms with Crippen LogP contribution in [-0.4, -0.2) is 36.5 Å².